The van der Waals surface area contributed by atoms with Gasteiger partial charge in [-0.15, -0.1) is 0 Å². The number of nitrogens with zero attached hydrogens (tertiary/aromatic N) is 1. The van der Waals surface area contributed by atoms with Crippen LogP contribution in [0.4, 0.5) is 4.39 Å². The molecule has 4 nitrogen and oxygen atoms in total. The van der Waals surface area contributed by atoms with E-state index in [4.69, 9.17) is 0 Å². The number of hydrogen-bond donors (Lipinski definition) is 2. The van der Waals surface area contributed by atoms with E-state index in [-0.39, 0.29) is 17.5 Å². The van der Waals surface area contributed by atoms with Crippen molar-refractivity contribution in [2.75, 3.05) is 19.6 Å². The Hall–Kier alpha value is -1.46. The van der Waals surface area contributed by atoms with Crippen molar-refractivity contribution in [3.63, 3.8) is 0 Å². The molecule has 2 fully saturated rings. The van der Waals surface area contributed by atoms with Crippen LogP contribution in [-0.2, 0) is 10.4 Å². The second-order valence-electron chi connectivity index (χ2n) is 9.35. The molecule has 5 heteroatoms. The lowest BCUT2D eigenvalue weighted by Crippen LogP contribution is -2.54. The van der Waals surface area contributed by atoms with E-state index in [1.54, 1.807) is 18.2 Å². The van der Waals surface area contributed by atoms with Gasteiger partial charge in [0.05, 0.1) is 0 Å². The number of benzene rings is 1. The Balaban J connectivity index is 1.62. The molecule has 0 spiro atoms. The zero-order valence-corrected chi connectivity index (χ0v) is 18.0. The van der Waals surface area contributed by atoms with Crippen molar-refractivity contribution >= 4 is 5.91 Å². The van der Waals surface area contributed by atoms with Crippen molar-refractivity contribution < 1.29 is 14.3 Å². The van der Waals surface area contributed by atoms with Gasteiger partial charge in [-0.1, -0.05) is 44.9 Å². The van der Waals surface area contributed by atoms with Crippen LogP contribution in [0.25, 0.3) is 0 Å². The minimum atomic E-state index is -1.78. The lowest BCUT2D eigenvalue weighted by Gasteiger charge is -2.37. The number of aliphatic hydroxyl groups is 1. The van der Waals surface area contributed by atoms with Crippen molar-refractivity contribution in [1.29, 1.82) is 0 Å². The van der Waals surface area contributed by atoms with Crippen molar-refractivity contribution in [3.8, 4) is 0 Å². The molecule has 1 heterocycles. The number of amides is 1. The summed E-state index contributed by atoms with van der Waals surface area (Å²) in [7, 11) is 0. The number of halogens is 1. The van der Waals surface area contributed by atoms with Crippen molar-refractivity contribution in [2.24, 2.45) is 11.8 Å². The second-order valence-corrected chi connectivity index (χ2v) is 9.35. The molecule has 2 aliphatic rings. The summed E-state index contributed by atoms with van der Waals surface area (Å²) in [6, 6.07) is 6.23. The largest absolute Gasteiger partial charge is 0.375 e. The fraction of sp³-hybridized carbons (Fsp3) is 0.708. The zero-order valence-electron chi connectivity index (χ0n) is 18.0. The van der Waals surface area contributed by atoms with Crippen LogP contribution in [0.1, 0.15) is 70.8 Å². The molecule has 1 atom stereocenters. The van der Waals surface area contributed by atoms with E-state index >= 15 is 0 Å². The monoisotopic (exact) mass is 404 g/mol. The quantitative estimate of drug-likeness (QED) is 0.682. The number of nitrogens with one attached hydrogen (secondary N) is 1. The van der Waals surface area contributed by atoms with Gasteiger partial charge in [-0.3, -0.25) is 4.79 Å². The fourth-order valence-corrected chi connectivity index (χ4v) is 4.96. The third-order valence-electron chi connectivity index (χ3n) is 6.76. The summed E-state index contributed by atoms with van der Waals surface area (Å²) >= 11 is 0. The van der Waals surface area contributed by atoms with Crippen LogP contribution in [0.3, 0.4) is 0 Å². The second kappa shape index (κ2) is 10.0. The summed E-state index contributed by atoms with van der Waals surface area (Å²) in [5, 5.41) is 14.6. The van der Waals surface area contributed by atoms with Crippen LogP contribution in [-0.4, -0.2) is 41.6 Å². The van der Waals surface area contributed by atoms with E-state index < -0.39 is 17.3 Å². The lowest BCUT2D eigenvalue weighted by atomic mass is 9.78. The van der Waals surface area contributed by atoms with E-state index in [1.807, 2.05) is 0 Å². The number of piperidine rings is 1. The average Bonchev–Trinajstić information content (AvgIpc) is 3.24. The maximum Gasteiger partial charge on any atom is 0.257 e. The summed E-state index contributed by atoms with van der Waals surface area (Å²) in [6.45, 7) is 7.54. The van der Waals surface area contributed by atoms with Crippen molar-refractivity contribution in [2.45, 2.75) is 76.9 Å². The van der Waals surface area contributed by atoms with Gasteiger partial charge < -0.3 is 15.3 Å². The first-order valence-electron chi connectivity index (χ1n) is 11.4. The Labute approximate surface area is 174 Å². The van der Waals surface area contributed by atoms with Crippen LogP contribution < -0.4 is 5.32 Å². The molecule has 1 aromatic carbocycles. The lowest BCUT2D eigenvalue weighted by molar-refractivity contribution is -0.149. The highest BCUT2D eigenvalue weighted by molar-refractivity contribution is 5.87. The van der Waals surface area contributed by atoms with Crippen molar-refractivity contribution in [1.82, 2.24) is 10.2 Å². The highest BCUT2D eigenvalue weighted by atomic mass is 19.1. The van der Waals surface area contributed by atoms with Gasteiger partial charge in [0.2, 0.25) is 0 Å². The third kappa shape index (κ3) is 5.37. The van der Waals surface area contributed by atoms with Gasteiger partial charge in [-0.25, -0.2) is 4.39 Å². The maximum atomic E-state index is 14.6. The van der Waals surface area contributed by atoms with E-state index in [2.05, 4.69) is 24.1 Å². The Morgan fingerprint density at radius 3 is 2.48 bits per heavy atom. The van der Waals surface area contributed by atoms with Gasteiger partial charge in [-0.2, -0.15) is 0 Å². The van der Waals surface area contributed by atoms with E-state index in [1.165, 1.54) is 18.9 Å². The minimum Gasteiger partial charge on any atom is -0.375 e. The van der Waals surface area contributed by atoms with Gasteiger partial charge in [-0.05, 0) is 57.1 Å². The Kier molecular flexibility index (Phi) is 7.69. The first kappa shape index (κ1) is 22.2. The SMILES string of the molecule is CC(C)CCCN1CCC(NC(=O)C(O)(c2ccccc2F)C2CCCC2)CC1. The number of carbonyl (C=O) groups excluding carboxylic acids is 1. The molecule has 0 aromatic heterocycles. The summed E-state index contributed by atoms with van der Waals surface area (Å²) in [4.78, 5) is 15.7. The molecule has 1 saturated carbocycles. The summed E-state index contributed by atoms with van der Waals surface area (Å²) < 4.78 is 14.6. The van der Waals surface area contributed by atoms with Gasteiger partial charge >= 0.3 is 0 Å². The molecule has 3 rings (SSSR count). The first-order chi connectivity index (χ1) is 13.9. The number of likely N-dealkylation sites (tertiary alicyclic amines) is 1. The summed E-state index contributed by atoms with van der Waals surface area (Å²) in [5.74, 6) is -0.418. The third-order valence-corrected chi connectivity index (χ3v) is 6.76. The molecule has 1 aliphatic heterocycles. The van der Waals surface area contributed by atoms with Gasteiger partial charge in [0, 0.05) is 30.6 Å². The normalized spacial score (nSPS) is 21.4. The van der Waals surface area contributed by atoms with Crippen LogP contribution in [0.5, 0.6) is 0 Å². The highest BCUT2D eigenvalue weighted by Gasteiger charge is 2.48. The minimum absolute atomic E-state index is 0.0450. The number of carbonyl (C=O) groups is 1. The van der Waals surface area contributed by atoms with Crippen LogP contribution in [0, 0.1) is 17.7 Å². The van der Waals surface area contributed by atoms with Crippen LogP contribution in [0.15, 0.2) is 24.3 Å². The van der Waals surface area contributed by atoms with Crippen LogP contribution >= 0.6 is 0 Å². The Morgan fingerprint density at radius 2 is 1.86 bits per heavy atom. The highest BCUT2D eigenvalue weighted by Crippen LogP contribution is 2.41. The molecule has 2 N–H and O–H groups in total. The Bertz CT molecular complexity index is 667. The zero-order chi connectivity index (χ0) is 20.9. The average molecular weight is 405 g/mol. The summed E-state index contributed by atoms with van der Waals surface area (Å²) in [5.41, 5.74) is -1.66. The maximum absolute atomic E-state index is 14.6. The molecule has 1 unspecified atom stereocenters. The molecule has 1 aromatic rings. The molecule has 0 bridgehead atoms. The predicted molar refractivity (Wildman–Crippen MR) is 114 cm³/mol. The number of rotatable bonds is 8. The standard InChI is InChI=1S/C24H37FN2O2/c1-18(2)8-7-15-27-16-13-20(14-17-27)26-23(28)24(29,19-9-3-4-10-19)21-11-5-6-12-22(21)25/h5-6,11-12,18-20,29H,3-4,7-10,13-17H2,1-2H3,(H,26,28). The first-order valence-corrected chi connectivity index (χ1v) is 11.4. The molecule has 162 valence electrons. The molecule has 0 radical (unpaired) electrons. The molecule has 1 amide bonds. The molecular formula is C24H37FN2O2. The van der Waals surface area contributed by atoms with Gasteiger partial charge in [0.15, 0.2) is 5.60 Å². The van der Waals surface area contributed by atoms with Gasteiger partial charge in [0.25, 0.3) is 5.91 Å². The Morgan fingerprint density at radius 1 is 1.21 bits per heavy atom. The smallest absolute Gasteiger partial charge is 0.257 e. The van der Waals surface area contributed by atoms with Crippen molar-refractivity contribution in [3.05, 3.63) is 35.6 Å². The summed E-state index contributed by atoms with van der Waals surface area (Å²) in [6.07, 6.45) is 7.68. The number of hydrogen-bond acceptors (Lipinski definition) is 3. The van der Waals surface area contributed by atoms with E-state index in [0.717, 1.165) is 64.1 Å². The molecule has 29 heavy (non-hydrogen) atoms. The van der Waals surface area contributed by atoms with E-state index in [0.29, 0.717) is 0 Å². The molecular weight excluding hydrogens is 367 g/mol. The van der Waals surface area contributed by atoms with E-state index in [9.17, 15) is 14.3 Å². The predicted octanol–water partition coefficient (Wildman–Crippen LogP) is 4.22. The fourth-order valence-electron chi connectivity index (χ4n) is 4.96. The molecule has 1 aliphatic carbocycles. The van der Waals surface area contributed by atoms with Gasteiger partial charge in [0.1, 0.15) is 5.82 Å². The van der Waals surface area contributed by atoms with Crippen LogP contribution in [0.2, 0.25) is 0 Å². The topological polar surface area (TPSA) is 52.6 Å². The molecule has 1 saturated heterocycles.